The Morgan fingerprint density at radius 3 is 2.21 bits per heavy atom. The van der Waals surface area contributed by atoms with Gasteiger partial charge in [0.2, 0.25) is 15.9 Å². The van der Waals surface area contributed by atoms with E-state index in [0.29, 0.717) is 5.56 Å². The lowest BCUT2D eigenvalue weighted by atomic mass is 10.1. The number of aryl methyl sites for hydroxylation is 2. The van der Waals surface area contributed by atoms with Gasteiger partial charge in [-0.1, -0.05) is 60.2 Å². The summed E-state index contributed by atoms with van der Waals surface area (Å²) in [5.41, 5.74) is 2.71. The highest BCUT2D eigenvalue weighted by Crippen LogP contribution is 2.19. The molecule has 7 heteroatoms. The van der Waals surface area contributed by atoms with Gasteiger partial charge in [0.1, 0.15) is 5.82 Å². The standard InChI is InChI=1S/C26H29FN2O3S/c1-20-8-16-25(17-9-20)33(31,32)29(18-23-12-14-24(27)15-13-23)19-26(30)28-21(2)10-11-22-6-4-3-5-7-22/h3-9,12-17,21H,10-11,18-19H2,1-2H3,(H,28,30)/t21-/m1/s1. The summed E-state index contributed by atoms with van der Waals surface area (Å²) in [5, 5.41) is 2.90. The molecule has 0 aliphatic rings. The first-order chi connectivity index (χ1) is 15.7. The van der Waals surface area contributed by atoms with E-state index < -0.39 is 15.8 Å². The molecule has 0 unspecified atom stereocenters. The lowest BCUT2D eigenvalue weighted by molar-refractivity contribution is -0.122. The van der Waals surface area contributed by atoms with Crippen LogP contribution < -0.4 is 5.32 Å². The summed E-state index contributed by atoms with van der Waals surface area (Å²) >= 11 is 0. The predicted octanol–water partition coefficient (Wildman–Crippen LogP) is 4.46. The van der Waals surface area contributed by atoms with Crippen LogP contribution in [0, 0.1) is 12.7 Å². The molecular formula is C26H29FN2O3S. The Kier molecular flexibility index (Phi) is 8.36. The Balaban J connectivity index is 1.72. The molecule has 1 atom stereocenters. The fourth-order valence-electron chi connectivity index (χ4n) is 3.46. The molecule has 0 saturated carbocycles. The molecule has 3 aromatic carbocycles. The minimum atomic E-state index is -3.93. The first kappa shape index (κ1) is 24.6. The van der Waals surface area contributed by atoms with Crippen molar-refractivity contribution < 1.29 is 17.6 Å². The highest BCUT2D eigenvalue weighted by Gasteiger charge is 2.27. The van der Waals surface area contributed by atoms with E-state index in [0.717, 1.165) is 22.7 Å². The highest BCUT2D eigenvalue weighted by atomic mass is 32.2. The third kappa shape index (κ3) is 7.23. The molecule has 0 radical (unpaired) electrons. The third-order valence-corrected chi connectivity index (χ3v) is 7.17. The van der Waals surface area contributed by atoms with Gasteiger partial charge in [-0.3, -0.25) is 4.79 Å². The van der Waals surface area contributed by atoms with Gasteiger partial charge in [-0.15, -0.1) is 0 Å². The number of carbonyl (C=O) groups excluding carboxylic acids is 1. The summed E-state index contributed by atoms with van der Waals surface area (Å²) in [6.45, 7) is 3.40. The van der Waals surface area contributed by atoms with Crippen molar-refractivity contribution in [1.82, 2.24) is 9.62 Å². The van der Waals surface area contributed by atoms with Gasteiger partial charge in [-0.25, -0.2) is 12.8 Å². The number of benzene rings is 3. The number of nitrogens with one attached hydrogen (secondary N) is 1. The largest absolute Gasteiger partial charge is 0.352 e. The number of carbonyl (C=O) groups is 1. The molecule has 0 aliphatic heterocycles. The summed E-state index contributed by atoms with van der Waals surface area (Å²) in [4.78, 5) is 12.9. The van der Waals surface area contributed by atoms with Crippen molar-refractivity contribution in [3.63, 3.8) is 0 Å². The maximum atomic E-state index is 13.3. The molecule has 3 rings (SSSR count). The molecule has 0 aliphatic carbocycles. The van der Waals surface area contributed by atoms with Gasteiger partial charge in [0, 0.05) is 12.6 Å². The molecule has 0 aromatic heterocycles. The summed E-state index contributed by atoms with van der Waals surface area (Å²) in [7, 11) is -3.93. The van der Waals surface area contributed by atoms with Crippen molar-refractivity contribution in [3.8, 4) is 0 Å². The number of nitrogens with zero attached hydrogens (tertiary/aromatic N) is 1. The van der Waals surface area contributed by atoms with Crippen molar-refractivity contribution in [2.24, 2.45) is 0 Å². The van der Waals surface area contributed by atoms with Gasteiger partial charge in [-0.2, -0.15) is 4.31 Å². The van der Waals surface area contributed by atoms with E-state index in [2.05, 4.69) is 5.32 Å². The molecule has 0 heterocycles. The minimum absolute atomic E-state index is 0.0394. The molecule has 1 N–H and O–H groups in total. The monoisotopic (exact) mass is 468 g/mol. The second-order valence-electron chi connectivity index (χ2n) is 8.21. The zero-order chi connectivity index (χ0) is 23.8. The van der Waals surface area contributed by atoms with E-state index in [1.54, 1.807) is 12.1 Å². The van der Waals surface area contributed by atoms with E-state index in [1.807, 2.05) is 44.2 Å². The first-order valence-electron chi connectivity index (χ1n) is 10.9. The Bertz CT molecular complexity index is 1150. The lowest BCUT2D eigenvalue weighted by Gasteiger charge is -2.23. The van der Waals surface area contributed by atoms with E-state index in [9.17, 15) is 17.6 Å². The quantitative estimate of drug-likeness (QED) is 0.478. The van der Waals surface area contributed by atoms with Gasteiger partial charge in [0.15, 0.2) is 0 Å². The number of sulfonamides is 1. The number of amides is 1. The minimum Gasteiger partial charge on any atom is -0.352 e. The summed E-state index contributed by atoms with van der Waals surface area (Å²) in [6.07, 6.45) is 1.54. The molecule has 0 fully saturated rings. The number of rotatable bonds is 10. The van der Waals surface area contributed by atoms with E-state index in [1.165, 1.54) is 42.0 Å². The van der Waals surface area contributed by atoms with Crippen LogP contribution in [0.15, 0.2) is 83.8 Å². The Morgan fingerprint density at radius 2 is 1.58 bits per heavy atom. The molecule has 33 heavy (non-hydrogen) atoms. The molecular weight excluding hydrogens is 439 g/mol. The normalized spacial score (nSPS) is 12.5. The number of halogens is 1. The first-order valence-corrected chi connectivity index (χ1v) is 12.3. The van der Waals surface area contributed by atoms with Gasteiger partial charge >= 0.3 is 0 Å². The van der Waals surface area contributed by atoms with Gasteiger partial charge in [0.05, 0.1) is 11.4 Å². The zero-order valence-corrected chi connectivity index (χ0v) is 19.7. The van der Waals surface area contributed by atoms with Crippen LogP contribution in [0.3, 0.4) is 0 Å². The SMILES string of the molecule is Cc1ccc(S(=O)(=O)N(CC(=O)N[C@H](C)CCc2ccccc2)Cc2ccc(F)cc2)cc1. The third-order valence-electron chi connectivity index (χ3n) is 5.37. The van der Waals surface area contributed by atoms with Crippen LogP contribution in [-0.4, -0.2) is 31.2 Å². The maximum absolute atomic E-state index is 13.3. The Hall–Kier alpha value is -3.03. The average molecular weight is 469 g/mol. The van der Waals surface area contributed by atoms with Crippen LogP contribution in [0.1, 0.15) is 30.0 Å². The van der Waals surface area contributed by atoms with Crippen molar-refractivity contribution in [2.75, 3.05) is 6.54 Å². The molecule has 0 saturated heterocycles. The van der Waals surface area contributed by atoms with E-state index in [4.69, 9.17) is 0 Å². The molecule has 0 bridgehead atoms. The zero-order valence-electron chi connectivity index (χ0n) is 18.9. The predicted molar refractivity (Wildman–Crippen MR) is 128 cm³/mol. The van der Waals surface area contributed by atoms with Crippen LogP contribution in [0.4, 0.5) is 4.39 Å². The fourth-order valence-corrected chi connectivity index (χ4v) is 4.84. The van der Waals surface area contributed by atoms with Crippen LogP contribution >= 0.6 is 0 Å². The van der Waals surface area contributed by atoms with Crippen LogP contribution in [-0.2, 0) is 27.8 Å². The summed E-state index contributed by atoms with van der Waals surface area (Å²) in [5.74, 6) is -0.787. The highest BCUT2D eigenvalue weighted by molar-refractivity contribution is 7.89. The molecule has 1 amide bonds. The van der Waals surface area contributed by atoms with Crippen molar-refractivity contribution >= 4 is 15.9 Å². The van der Waals surface area contributed by atoms with Crippen LogP contribution in [0.25, 0.3) is 0 Å². The fraction of sp³-hybridized carbons (Fsp3) is 0.269. The van der Waals surface area contributed by atoms with Crippen LogP contribution in [0.2, 0.25) is 0 Å². The molecule has 3 aromatic rings. The molecule has 0 spiro atoms. The Morgan fingerprint density at radius 1 is 0.939 bits per heavy atom. The van der Waals surface area contributed by atoms with Crippen molar-refractivity contribution in [1.29, 1.82) is 0 Å². The Labute approximate surface area is 195 Å². The smallest absolute Gasteiger partial charge is 0.243 e. The van der Waals surface area contributed by atoms with Gasteiger partial charge < -0.3 is 5.32 Å². The van der Waals surface area contributed by atoms with Crippen molar-refractivity contribution in [3.05, 3.63) is 101 Å². The molecule has 174 valence electrons. The maximum Gasteiger partial charge on any atom is 0.243 e. The lowest BCUT2D eigenvalue weighted by Crippen LogP contribution is -2.43. The second-order valence-corrected chi connectivity index (χ2v) is 10.1. The number of hydrogen-bond donors (Lipinski definition) is 1. The van der Waals surface area contributed by atoms with E-state index >= 15 is 0 Å². The summed E-state index contributed by atoms with van der Waals surface area (Å²) < 4.78 is 41.1. The number of hydrogen-bond acceptors (Lipinski definition) is 3. The molecule has 5 nitrogen and oxygen atoms in total. The summed E-state index contributed by atoms with van der Waals surface area (Å²) in [6, 6.07) is 21.9. The van der Waals surface area contributed by atoms with Crippen molar-refractivity contribution in [2.45, 2.75) is 44.2 Å². The topological polar surface area (TPSA) is 66.5 Å². The van der Waals surface area contributed by atoms with Gasteiger partial charge in [0.25, 0.3) is 0 Å². The van der Waals surface area contributed by atoms with Crippen LogP contribution in [0.5, 0.6) is 0 Å². The van der Waals surface area contributed by atoms with E-state index in [-0.39, 0.29) is 29.9 Å². The second kappa shape index (κ2) is 11.2. The average Bonchev–Trinajstić information content (AvgIpc) is 2.79. The van der Waals surface area contributed by atoms with Gasteiger partial charge in [-0.05, 0) is 62.1 Å².